The predicted molar refractivity (Wildman–Crippen MR) is 107 cm³/mol. The monoisotopic (exact) mass is 580 g/mol. The zero-order chi connectivity index (χ0) is 26.8. The molecule has 0 heterocycles. The van der Waals surface area contributed by atoms with E-state index in [1.54, 1.807) is 0 Å². The van der Waals surface area contributed by atoms with Crippen molar-refractivity contribution in [3.8, 4) is 0 Å². The van der Waals surface area contributed by atoms with Crippen LogP contribution in [0.15, 0.2) is 0 Å². The van der Waals surface area contributed by atoms with Crippen molar-refractivity contribution in [2.24, 2.45) is 0 Å². The fourth-order valence-electron chi connectivity index (χ4n) is 0.578. The zero-order valence-electron chi connectivity index (χ0n) is 21.9. The minimum absolute atomic E-state index is 0. The van der Waals surface area contributed by atoms with Crippen LogP contribution in [0.5, 0.6) is 0 Å². The van der Waals surface area contributed by atoms with Crippen LogP contribution in [-0.4, -0.2) is 52.4 Å². The van der Waals surface area contributed by atoms with Crippen molar-refractivity contribution in [2.45, 2.75) is 79.1 Å². The summed E-state index contributed by atoms with van der Waals surface area (Å²) in [6, 6.07) is 0. The van der Waals surface area contributed by atoms with E-state index in [9.17, 15) is 14.4 Å². The number of rotatable bonds is 3. The van der Waals surface area contributed by atoms with E-state index in [1.807, 2.05) is 41.5 Å². The Morgan fingerprint density at radius 3 is 0.781 bits per heavy atom. The molecule has 0 saturated carbocycles. The molecule has 11 nitrogen and oxygen atoms in total. The van der Waals surface area contributed by atoms with E-state index >= 15 is 0 Å². The van der Waals surface area contributed by atoms with Crippen LogP contribution in [0.1, 0.15) is 62.3 Å². The summed E-state index contributed by atoms with van der Waals surface area (Å²) in [5.74, 6) is 0. The second kappa shape index (κ2) is 37.2. The van der Waals surface area contributed by atoms with Crippen molar-refractivity contribution < 1.29 is 96.9 Å². The second-order valence-electron chi connectivity index (χ2n) is 7.13. The molecule has 0 bridgehead atoms. The van der Waals surface area contributed by atoms with Gasteiger partial charge in [0.1, 0.15) is 0 Å². The van der Waals surface area contributed by atoms with Crippen molar-refractivity contribution >= 4 is 16.9 Å². The van der Waals surface area contributed by atoms with Crippen molar-refractivity contribution in [3.05, 3.63) is 0 Å². The molecule has 0 atom stereocenters. The Bertz CT molecular complexity index is 314. The third kappa shape index (κ3) is 121. The van der Waals surface area contributed by atoms with Crippen LogP contribution in [0.25, 0.3) is 0 Å². The molecule has 32 heavy (non-hydrogen) atoms. The average molecular weight is 580 g/mol. The Labute approximate surface area is 227 Å². The average Bonchev–Trinajstić information content (AvgIpc) is 2.59. The SMILES string of the molecule is CC(C)(C)OP(=O)([O-])[O-].CC(C)(C)O[P-]OC(C)(C)C.C[O-].C[O-].C[O-].C[O-].C[O-].[Ti+4].[Ti+4]. The molecule has 0 saturated heterocycles. The molecule has 0 aromatic carbocycles. The summed E-state index contributed by atoms with van der Waals surface area (Å²) in [5, 5.41) is 41.2. The summed E-state index contributed by atoms with van der Waals surface area (Å²) in [5.41, 5.74) is -1.14. The molecule has 0 radical (unpaired) electrons. The van der Waals surface area contributed by atoms with Crippen molar-refractivity contribution in [3.63, 3.8) is 0 Å². The molecule has 0 N–H and O–H groups in total. The second-order valence-corrected chi connectivity index (χ2v) is 8.72. The van der Waals surface area contributed by atoms with Crippen molar-refractivity contribution in [1.82, 2.24) is 0 Å². The Morgan fingerprint density at radius 1 is 0.531 bits per heavy atom. The van der Waals surface area contributed by atoms with E-state index in [4.69, 9.17) is 34.6 Å². The van der Waals surface area contributed by atoms with Gasteiger partial charge in [-0.1, -0.05) is 0 Å². The van der Waals surface area contributed by atoms with Gasteiger partial charge < -0.3 is 53.5 Å². The fraction of sp³-hybridized carbons (Fsp3) is 1.00. The van der Waals surface area contributed by atoms with E-state index in [-0.39, 0.29) is 54.6 Å². The first kappa shape index (κ1) is 59.1. The third-order valence-corrected chi connectivity index (χ3v) is 3.02. The van der Waals surface area contributed by atoms with E-state index in [0.717, 1.165) is 35.5 Å². The van der Waals surface area contributed by atoms with Crippen molar-refractivity contribution in [2.75, 3.05) is 35.5 Å². The largest absolute Gasteiger partial charge is 4.00 e. The van der Waals surface area contributed by atoms with Gasteiger partial charge >= 0.3 is 43.4 Å². The Balaban J connectivity index is -0.0000000326. The Hall–Kier alpha value is 1.69. The summed E-state index contributed by atoms with van der Waals surface area (Å²) >= 11 is 0. The molecule has 0 rings (SSSR count). The fourth-order valence-corrected chi connectivity index (χ4v) is 1.73. The van der Waals surface area contributed by atoms with E-state index in [1.165, 1.54) is 20.8 Å². The molecular formula is C17H42O11P2Ti2. The van der Waals surface area contributed by atoms with Crippen LogP contribution in [0.4, 0.5) is 0 Å². The van der Waals surface area contributed by atoms with Gasteiger partial charge in [-0.15, -0.1) is 0 Å². The molecular weight excluding hydrogens is 538 g/mol. The number of hydrogen-bond donors (Lipinski definition) is 0. The first-order valence-electron chi connectivity index (χ1n) is 8.25. The smallest absolute Gasteiger partial charge is 0.857 e. The summed E-state index contributed by atoms with van der Waals surface area (Å²) in [6.07, 6.45) is 0. The first-order chi connectivity index (χ1) is 13.4. The maximum Gasteiger partial charge on any atom is 4.00 e. The van der Waals surface area contributed by atoms with Gasteiger partial charge in [0.2, 0.25) is 0 Å². The number of hydrogen-bond acceptors (Lipinski definition) is 11. The van der Waals surface area contributed by atoms with Crippen LogP contribution in [0.2, 0.25) is 0 Å². The quantitative estimate of drug-likeness (QED) is 0.261. The maximum absolute atomic E-state index is 9.90. The van der Waals surface area contributed by atoms with Gasteiger partial charge in [0.15, 0.2) is 0 Å². The maximum atomic E-state index is 9.90. The number of phosphoric ester groups is 1. The standard InChI is InChI=1S/C8H18O2P.C4H11O4P.5CH3O.2Ti/c1-7(2,3)9-11-10-8(4,5)6;1-4(2,3)8-9(5,6)7;5*1-2;;/h1-6H3;1-3H3,(H2,5,6,7);5*1H3;;/q-1;;5*-1;2*+4/p-2. The van der Waals surface area contributed by atoms with Crippen LogP contribution in [0, 0.1) is 0 Å². The van der Waals surface area contributed by atoms with Crippen LogP contribution >= 0.6 is 16.9 Å². The van der Waals surface area contributed by atoms with Crippen molar-refractivity contribution in [1.29, 1.82) is 0 Å². The molecule has 0 aromatic heterocycles. The van der Waals surface area contributed by atoms with Gasteiger partial charge in [0.25, 0.3) is 0 Å². The number of phosphoric acid groups is 1. The summed E-state index contributed by atoms with van der Waals surface area (Å²) in [6.45, 7) is 16.5. The van der Waals surface area contributed by atoms with E-state index in [0.29, 0.717) is 9.03 Å². The minimum Gasteiger partial charge on any atom is -0.857 e. The molecule has 0 aliphatic rings. The Morgan fingerprint density at radius 2 is 0.719 bits per heavy atom. The topological polar surface area (TPSA) is 206 Å². The van der Waals surface area contributed by atoms with Crippen LogP contribution in [0.3, 0.4) is 0 Å². The third-order valence-electron chi connectivity index (χ3n) is 1.01. The molecule has 0 aliphatic carbocycles. The normalized spacial score (nSPS) is 9.53. The molecule has 15 heteroatoms. The van der Waals surface area contributed by atoms with Gasteiger partial charge in [-0.2, -0.15) is 35.5 Å². The minimum atomic E-state index is -4.79. The van der Waals surface area contributed by atoms with Gasteiger partial charge in [-0.25, -0.2) is 9.03 Å². The van der Waals surface area contributed by atoms with E-state index in [2.05, 4.69) is 4.52 Å². The van der Waals surface area contributed by atoms with Gasteiger partial charge in [-0.3, -0.25) is 0 Å². The van der Waals surface area contributed by atoms with Gasteiger partial charge in [0, 0.05) is 11.2 Å². The van der Waals surface area contributed by atoms with E-state index < -0.39 is 13.4 Å². The molecule has 0 unspecified atom stereocenters. The summed E-state index contributed by atoms with van der Waals surface area (Å²) in [7, 11) is -0.436. The Kier molecular flexibility index (Phi) is 68.7. The summed E-state index contributed by atoms with van der Waals surface area (Å²) < 4.78 is 24.7. The zero-order valence-corrected chi connectivity index (χ0v) is 26.8. The molecule has 0 aliphatic heterocycles. The van der Waals surface area contributed by atoms with Gasteiger partial charge in [0.05, 0.1) is 13.4 Å². The molecule has 0 fully saturated rings. The molecule has 0 amide bonds. The molecule has 0 spiro atoms. The first-order valence-corrected chi connectivity index (χ1v) is 10.4. The predicted octanol–water partition coefficient (Wildman–Crippen LogP) is -2.10. The molecule has 194 valence electrons. The van der Waals surface area contributed by atoms with Crippen LogP contribution in [-0.2, 0) is 61.6 Å². The van der Waals surface area contributed by atoms with Gasteiger partial charge in [-0.05, 0) is 62.3 Å². The summed E-state index contributed by atoms with van der Waals surface area (Å²) in [4.78, 5) is 19.8. The molecule has 0 aromatic rings. The van der Waals surface area contributed by atoms with Crippen LogP contribution < -0.4 is 35.3 Å².